The number of rotatable bonds is 6. The van der Waals surface area contributed by atoms with E-state index in [1.807, 2.05) is 13.1 Å². The highest BCUT2D eigenvalue weighted by Gasteiger charge is 2.21. The molecular formula is C18H28N4O2. The van der Waals surface area contributed by atoms with Gasteiger partial charge in [0, 0.05) is 26.7 Å². The lowest BCUT2D eigenvalue weighted by Gasteiger charge is -2.16. The molecule has 24 heavy (non-hydrogen) atoms. The van der Waals surface area contributed by atoms with E-state index in [0.29, 0.717) is 6.79 Å². The van der Waals surface area contributed by atoms with Crippen LogP contribution in [0.4, 0.5) is 0 Å². The molecule has 1 aromatic carbocycles. The Balaban J connectivity index is 1.38. The lowest BCUT2D eigenvalue weighted by atomic mass is 10.1. The number of fused-ring (bicyclic) bond motifs is 1. The molecule has 2 aliphatic rings. The molecule has 1 aromatic rings. The van der Waals surface area contributed by atoms with Crippen molar-refractivity contribution in [3.8, 4) is 11.5 Å². The largest absolute Gasteiger partial charge is 0.454 e. The zero-order valence-corrected chi connectivity index (χ0v) is 14.7. The molecule has 1 fully saturated rings. The molecule has 0 aromatic heterocycles. The summed E-state index contributed by atoms with van der Waals surface area (Å²) in [6.07, 6.45) is 2.19. The van der Waals surface area contributed by atoms with Crippen molar-refractivity contribution >= 4 is 5.96 Å². The molecule has 1 unspecified atom stereocenters. The second-order valence-electron chi connectivity index (χ2n) is 6.37. The van der Waals surface area contributed by atoms with Crippen LogP contribution >= 0.6 is 0 Å². The normalized spacial score (nSPS) is 20.4. The van der Waals surface area contributed by atoms with Crippen LogP contribution in [0.5, 0.6) is 11.5 Å². The summed E-state index contributed by atoms with van der Waals surface area (Å²) in [5.41, 5.74) is 1.23. The van der Waals surface area contributed by atoms with Crippen LogP contribution in [0.3, 0.4) is 0 Å². The van der Waals surface area contributed by atoms with Crippen molar-refractivity contribution in [2.75, 3.05) is 46.6 Å². The molecule has 2 aliphatic heterocycles. The lowest BCUT2D eigenvalue weighted by molar-refractivity contribution is 0.174. The summed E-state index contributed by atoms with van der Waals surface area (Å²) in [5.74, 6) is 3.28. The summed E-state index contributed by atoms with van der Waals surface area (Å²) >= 11 is 0. The summed E-state index contributed by atoms with van der Waals surface area (Å²) in [5, 5.41) is 6.84. The first-order chi connectivity index (χ1) is 11.8. The van der Waals surface area contributed by atoms with Crippen LogP contribution in [0.1, 0.15) is 18.9 Å². The topological polar surface area (TPSA) is 58.1 Å². The molecule has 1 atom stereocenters. The van der Waals surface area contributed by atoms with Crippen molar-refractivity contribution in [3.05, 3.63) is 23.8 Å². The van der Waals surface area contributed by atoms with Gasteiger partial charge in [-0.15, -0.1) is 0 Å². The van der Waals surface area contributed by atoms with Gasteiger partial charge in [-0.3, -0.25) is 4.99 Å². The summed E-state index contributed by atoms with van der Waals surface area (Å²) in [7, 11) is 1.82. The Morgan fingerprint density at radius 2 is 2.17 bits per heavy atom. The molecule has 6 heteroatoms. The minimum Gasteiger partial charge on any atom is -0.454 e. The third-order valence-corrected chi connectivity index (χ3v) is 4.74. The number of benzene rings is 1. The standard InChI is InChI=1S/C18H28N4O2/c1-3-22-9-7-15(12-22)11-21-18(19-2)20-8-6-14-4-5-16-17(10-14)24-13-23-16/h4-5,10,15H,3,6-9,11-13H2,1-2H3,(H2,19,20,21). The second-order valence-corrected chi connectivity index (χ2v) is 6.37. The van der Waals surface area contributed by atoms with Crippen molar-refractivity contribution in [1.82, 2.24) is 15.5 Å². The maximum absolute atomic E-state index is 5.42. The van der Waals surface area contributed by atoms with E-state index in [9.17, 15) is 0 Å². The number of hydrogen-bond donors (Lipinski definition) is 2. The van der Waals surface area contributed by atoms with Crippen LogP contribution in [-0.2, 0) is 6.42 Å². The van der Waals surface area contributed by atoms with E-state index in [1.165, 1.54) is 25.1 Å². The Morgan fingerprint density at radius 1 is 1.29 bits per heavy atom. The Bertz CT molecular complexity index is 576. The highest BCUT2D eigenvalue weighted by molar-refractivity contribution is 5.79. The number of likely N-dealkylation sites (tertiary alicyclic amines) is 1. The lowest BCUT2D eigenvalue weighted by Crippen LogP contribution is -2.41. The third-order valence-electron chi connectivity index (χ3n) is 4.74. The smallest absolute Gasteiger partial charge is 0.231 e. The fourth-order valence-electron chi connectivity index (χ4n) is 3.25. The van der Waals surface area contributed by atoms with E-state index in [0.717, 1.165) is 49.4 Å². The zero-order chi connectivity index (χ0) is 16.8. The average molecular weight is 332 g/mol. The van der Waals surface area contributed by atoms with Gasteiger partial charge in [-0.2, -0.15) is 0 Å². The highest BCUT2D eigenvalue weighted by Crippen LogP contribution is 2.32. The monoisotopic (exact) mass is 332 g/mol. The van der Waals surface area contributed by atoms with E-state index in [1.54, 1.807) is 0 Å². The number of aliphatic imine (C=N–C) groups is 1. The summed E-state index contributed by atoms with van der Waals surface area (Å²) in [6, 6.07) is 6.12. The minimum atomic E-state index is 0.324. The molecule has 0 aliphatic carbocycles. The maximum Gasteiger partial charge on any atom is 0.231 e. The number of hydrogen-bond acceptors (Lipinski definition) is 4. The van der Waals surface area contributed by atoms with E-state index >= 15 is 0 Å². The summed E-state index contributed by atoms with van der Waals surface area (Å²) in [6.45, 7) is 7.94. The summed E-state index contributed by atoms with van der Waals surface area (Å²) < 4.78 is 10.8. The SMILES string of the molecule is CCN1CCC(CNC(=NC)NCCc2ccc3c(c2)OCO3)C1. The van der Waals surface area contributed by atoms with Crippen LogP contribution in [-0.4, -0.2) is 57.4 Å². The molecule has 0 bridgehead atoms. The van der Waals surface area contributed by atoms with Crippen molar-refractivity contribution in [2.45, 2.75) is 19.8 Å². The zero-order valence-electron chi connectivity index (χ0n) is 14.7. The average Bonchev–Trinajstić information content (AvgIpc) is 3.26. The number of guanidine groups is 1. The summed E-state index contributed by atoms with van der Waals surface area (Å²) in [4.78, 5) is 6.82. The molecule has 0 spiro atoms. The van der Waals surface area contributed by atoms with Crippen molar-refractivity contribution < 1.29 is 9.47 Å². The fraction of sp³-hybridized carbons (Fsp3) is 0.611. The molecule has 2 N–H and O–H groups in total. The second kappa shape index (κ2) is 8.24. The van der Waals surface area contributed by atoms with Gasteiger partial charge in [0.25, 0.3) is 0 Å². The van der Waals surface area contributed by atoms with Gasteiger partial charge in [0.15, 0.2) is 17.5 Å². The molecule has 0 amide bonds. The molecule has 0 radical (unpaired) electrons. The quantitative estimate of drug-likeness (QED) is 0.610. The van der Waals surface area contributed by atoms with Crippen LogP contribution in [0, 0.1) is 5.92 Å². The fourth-order valence-corrected chi connectivity index (χ4v) is 3.25. The van der Waals surface area contributed by atoms with E-state index < -0.39 is 0 Å². The first-order valence-electron chi connectivity index (χ1n) is 8.84. The van der Waals surface area contributed by atoms with E-state index in [4.69, 9.17) is 9.47 Å². The van der Waals surface area contributed by atoms with Gasteiger partial charge >= 0.3 is 0 Å². The van der Waals surface area contributed by atoms with Gasteiger partial charge < -0.3 is 25.0 Å². The van der Waals surface area contributed by atoms with Crippen LogP contribution < -0.4 is 20.1 Å². The number of nitrogens with one attached hydrogen (secondary N) is 2. The van der Waals surface area contributed by atoms with E-state index in [2.05, 4.69) is 39.6 Å². The maximum atomic E-state index is 5.42. The van der Waals surface area contributed by atoms with Crippen molar-refractivity contribution in [2.24, 2.45) is 10.9 Å². The third kappa shape index (κ3) is 4.32. The van der Waals surface area contributed by atoms with Crippen LogP contribution in [0.15, 0.2) is 23.2 Å². The molecule has 0 saturated carbocycles. The minimum absolute atomic E-state index is 0.324. The first-order valence-corrected chi connectivity index (χ1v) is 8.84. The van der Waals surface area contributed by atoms with Gasteiger partial charge in [0.05, 0.1) is 0 Å². The Morgan fingerprint density at radius 3 is 2.96 bits per heavy atom. The molecule has 2 heterocycles. The van der Waals surface area contributed by atoms with E-state index in [-0.39, 0.29) is 0 Å². The van der Waals surface area contributed by atoms with Crippen LogP contribution in [0.2, 0.25) is 0 Å². The molecule has 1 saturated heterocycles. The Labute approximate surface area is 144 Å². The highest BCUT2D eigenvalue weighted by atomic mass is 16.7. The number of ether oxygens (including phenoxy) is 2. The predicted octanol–water partition coefficient (Wildman–Crippen LogP) is 1.46. The predicted molar refractivity (Wildman–Crippen MR) is 95.9 cm³/mol. The Kier molecular flexibility index (Phi) is 5.80. The first kappa shape index (κ1) is 16.9. The molecule has 6 nitrogen and oxygen atoms in total. The van der Waals surface area contributed by atoms with Gasteiger partial charge in [-0.25, -0.2) is 0 Å². The Hall–Kier alpha value is -1.95. The van der Waals surface area contributed by atoms with Crippen molar-refractivity contribution in [3.63, 3.8) is 0 Å². The van der Waals surface area contributed by atoms with Gasteiger partial charge in [0.1, 0.15) is 0 Å². The van der Waals surface area contributed by atoms with Crippen molar-refractivity contribution in [1.29, 1.82) is 0 Å². The molecule has 132 valence electrons. The van der Waals surface area contributed by atoms with Gasteiger partial charge in [0.2, 0.25) is 6.79 Å². The van der Waals surface area contributed by atoms with Gasteiger partial charge in [-0.1, -0.05) is 13.0 Å². The molecular weight excluding hydrogens is 304 g/mol. The van der Waals surface area contributed by atoms with Gasteiger partial charge in [-0.05, 0) is 49.5 Å². The number of nitrogens with zero attached hydrogens (tertiary/aromatic N) is 2. The van der Waals surface area contributed by atoms with Crippen LogP contribution in [0.25, 0.3) is 0 Å². The molecule has 3 rings (SSSR count).